The van der Waals surface area contributed by atoms with E-state index in [-0.39, 0.29) is 12.1 Å². The van der Waals surface area contributed by atoms with Gasteiger partial charge in [-0.1, -0.05) is 13.8 Å². The average molecular weight is 375 g/mol. The Hall–Kier alpha value is -2.32. The fourth-order valence-corrected chi connectivity index (χ4v) is 2.59. The van der Waals surface area contributed by atoms with Crippen molar-refractivity contribution in [3.05, 3.63) is 36.2 Å². The van der Waals surface area contributed by atoms with Crippen molar-refractivity contribution >= 4 is 11.6 Å². The van der Waals surface area contributed by atoms with Crippen LogP contribution in [0, 0.1) is 0 Å². The molecule has 8 nitrogen and oxygen atoms in total. The maximum Gasteiger partial charge on any atom is 0.146 e. The Kier molecular flexibility index (Phi) is 9.04. The molecule has 0 fully saturated rings. The summed E-state index contributed by atoms with van der Waals surface area (Å²) in [5, 5.41) is 3.34. The van der Waals surface area contributed by atoms with Crippen molar-refractivity contribution in [3.63, 3.8) is 0 Å². The first-order valence-electron chi connectivity index (χ1n) is 9.24. The lowest BCUT2D eigenvalue weighted by molar-refractivity contribution is 0.207. The van der Waals surface area contributed by atoms with Crippen LogP contribution in [0.2, 0.25) is 0 Å². The van der Waals surface area contributed by atoms with Crippen LogP contribution in [0.1, 0.15) is 64.9 Å². The van der Waals surface area contributed by atoms with Gasteiger partial charge < -0.3 is 16.8 Å². The molecule has 2 aromatic heterocycles. The summed E-state index contributed by atoms with van der Waals surface area (Å²) in [6, 6.07) is 1.28. The van der Waals surface area contributed by atoms with Gasteiger partial charge in [-0.2, -0.15) is 0 Å². The third-order valence-electron chi connectivity index (χ3n) is 4.40. The maximum atomic E-state index is 5.76. The zero-order valence-electron chi connectivity index (χ0n) is 17.5. The minimum absolute atomic E-state index is 0.196. The molecule has 0 aliphatic carbocycles. The zero-order chi connectivity index (χ0) is 20.6. The van der Waals surface area contributed by atoms with Gasteiger partial charge in [-0.15, -0.1) is 0 Å². The van der Waals surface area contributed by atoms with Gasteiger partial charge in [0.25, 0.3) is 0 Å². The van der Waals surface area contributed by atoms with Gasteiger partial charge in [0.2, 0.25) is 0 Å². The lowest BCUT2D eigenvalue weighted by Gasteiger charge is -2.28. The predicted molar refractivity (Wildman–Crippen MR) is 111 cm³/mol. The number of nitrogens with two attached hydrogens (primary N) is 2. The van der Waals surface area contributed by atoms with Crippen LogP contribution in [-0.4, -0.2) is 44.0 Å². The smallest absolute Gasteiger partial charge is 0.146 e. The third kappa shape index (κ3) is 7.07. The second kappa shape index (κ2) is 10.7. The SMILES string of the molecule is CC(C)N(C)C(C)c1nccnc1N.CC(C)NC(C)c1cncnc1N. The summed E-state index contributed by atoms with van der Waals surface area (Å²) in [5.74, 6) is 1.07. The average Bonchev–Trinajstić information content (AvgIpc) is 2.61. The highest BCUT2D eigenvalue weighted by Crippen LogP contribution is 2.21. The van der Waals surface area contributed by atoms with Crippen LogP contribution < -0.4 is 16.8 Å². The quantitative estimate of drug-likeness (QED) is 0.706. The molecule has 8 heteroatoms. The minimum Gasteiger partial charge on any atom is -0.383 e. The molecule has 0 spiro atoms. The van der Waals surface area contributed by atoms with Gasteiger partial charge in [-0.3, -0.25) is 9.88 Å². The van der Waals surface area contributed by atoms with Gasteiger partial charge in [0, 0.05) is 42.3 Å². The van der Waals surface area contributed by atoms with Crippen molar-refractivity contribution in [2.45, 2.75) is 65.7 Å². The van der Waals surface area contributed by atoms with E-state index in [2.05, 4.69) is 78.7 Å². The van der Waals surface area contributed by atoms with Crippen LogP contribution in [0.3, 0.4) is 0 Å². The summed E-state index contributed by atoms with van der Waals surface area (Å²) in [7, 11) is 2.06. The molecule has 2 rings (SSSR count). The summed E-state index contributed by atoms with van der Waals surface area (Å²) in [5.41, 5.74) is 13.3. The summed E-state index contributed by atoms with van der Waals surface area (Å²) < 4.78 is 0. The van der Waals surface area contributed by atoms with Gasteiger partial charge in [-0.25, -0.2) is 15.0 Å². The monoisotopic (exact) mass is 374 g/mol. The first kappa shape index (κ1) is 22.7. The Morgan fingerprint density at radius 3 is 2.07 bits per heavy atom. The Balaban J connectivity index is 0.000000271. The molecule has 0 amide bonds. The molecule has 0 aromatic carbocycles. The number of hydrogen-bond donors (Lipinski definition) is 3. The molecular formula is C19H34N8. The number of nitrogen functional groups attached to an aromatic ring is 2. The number of aromatic nitrogens is 4. The van der Waals surface area contributed by atoms with E-state index in [0.29, 0.717) is 23.7 Å². The Bertz CT molecular complexity index is 689. The molecule has 2 heterocycles. The molecule has 0 saturated carbocycles. The van der Waals surface area contributed by atoms with E-state index in [1.807, 2.05) is 0 Å². The highest BCUT2D eigenvalue weighted by Gasteiger charge is 2.18. The molecule has 150 valence electrons. The zero-order valence-corrected chi connectivity index (χ0v) is 17.5. The van der Waals surface area contributed by atoms with Crippen molar-refractivity contribution < 1.29 is 0 Å². The van der Waals surface area contributed by atoms with Crippen molar-refractivity contribution in [1.29, 1.82) is 0 Å². The van der Waals surface area contributed by atoms with E-state index in [1.165, 1.54) is 6.33 Å². The molecule has 2 atom stereocenters. The Labute approximate surface area is 162 Å². The van der Waals surface area contributed by atoms with Gasteiger partial charge in [0.05, 0.1) is 11.7 Å². The molecule has 0 aliphatic rings. The van der Waals surface area contributed by atoms with E-state index in [9.17, 15) is 0 Å². The molecule has 27 heavy (non-hydrogen) atoms. The normalized spacial score (nSPS) is 13.4. The number of nitrogens with one attached hydrogen (secondary N) is 1. The van der Waals surface area contributed by atoms with Crippen molar-refractivity contribution in [3.8, 4) is 0 Å². The second-order valence-electron chi connectivity index (χ2n) is 7.17. The van der Waals surface area contributed by atoms with Crippen LogP contribution >= 0.6 is 0 Å². The van der Waals surface area contributed by atoms with Gasteiger partial charge in [-0.05, 0) is 34.7 Å². The van der Waals surface area contributed by atoms with Crippen molar-refractivity contribution in [2.24, 2.45) is 0 Å². The highest BCUT2D eigenvalue weighted by atomic mass is 15.2. The fourth-order valence-electron chi connectivity index (χ4n) is 2.59. The van der Waals surface area contributed by atoms with Crippen molar-refractivity contribution in [2.75, 3.05) is 18.5 Å². The molecule has 0 aliphatic heterocycles. The second-order valence-corrected chi connectivity index (χ2v) is 7.17. The van der Waals surface area contributed by atoms with E-state index >= 15 is 0 Å². The number of hydrogen-bond acceptors (Lipinski definition) is 8. The molecule has 5 N–H and O–H groups in total. The van der Waals surface area contributed by atoms with Gasteiger partial charge >= 0.3 is 0 Å². The van der Waals surface area contributed by atoms with E-state index in [4.69, 9.17) is 11.5 Å². The Morgan fingerprint density at radius 2 is 1.56 bits per heavy atom. The third-order valence-corrected chi connectivity index (χ3v) is 4.40. The maximum absolute atomic E-state index is 5.76. The molecule has 0 saturated heterocycles. The van der Waals surface area contributed by atoms with Crippen LogP contribution in [0.15, 0.2) is 24.9 Å². The van der Waals surface area contributed by atoms with Crippen LogP contribution in [-0.2, 0) is 0 Å². The largest absolute Gasteiger partial charge is 0.383 e. The lowest BCUT2D eigenvalue weighted by atomic mass is 10.1. The van der Waals surface area contributed by atoms with Crippen LogP contribution in [0.5, 0.6) is 0 Å². The van der Waals surface area contributed by atoms with E-state index in [1.54, 1.807) is 18.6 Å². The summed E-state index contributed by atoms with van der Waals surface area (Å²) in [6.45, 7) is 12.6. The van der Waals surface area contributed by atoms with E-state index < -0.39 is 0 Å². The highest BCUT2D eigenvalue weighted by molar-refractivity contribution is 5.38. The molecule has 0 bridgehead atoms. The lowest BCUT2D eigenvalue weighted by Crippen LogP contribution is -2.30. The van der Waals surface area contributed by atoms with Gasteiger partial charge in [0.15, 0.2) is 0 Å². The summed E-state index contributed by atoms with van der Waals surface area (Å²) >= 11 is 0. The standard InChI is InChI=1S/C10H18N4.C9H16N4/c1-7(2)14(4)8(3)9-10(11)13-6-5-12-9;1-6(2)13-7(3)8-4-11-5-12-9(8)10/h5-8H,1-4H3,(H2,11,13);4-7,13H,1-3H3,(H2,10,11,12). The number of nitrogens with zero attached hydrogens (tertiary/aromatic N) is 5. The molecule has 0 radical (unpaired) electrons. The van der Waals surface area contributed by atoms with Gasteiger partial charge in [0.1, 0.15) is 18.0 Å². The molecular weight excluding hydrogens is 340 g/mol. The minimum atomic E-state index is 0.196. The fraction of sp³-hybridized carbons (Fsp3) is 0.579. The van der Waals surface area contributed by atoms with E-state index in [0.717, 1.165) is 11.3 Å². The summed E-state index contributed by atoms with van der Waals surface area (Å²) in [4.78, 5) is 18.4. The van der Waals surface area contributed by atoms with Crippen LogP contribution in [0.25, 0.3) is 0 Å². The topological polar surface area (TPSA) is 119 Å². The van der Waals surface area contributed by atoms with Crippen LogP contribution in [0.4, 0.5) is 11.6 Å². The summed E-state index contributed by atoms with van der Waals surface area (Å²) in [6.07, 6.45) is 6.50. The number of anilines is 2. The molecule has 2 aromatic rings. The molecule has 2 unspecified atom stereocenters. The Morgan fingerprint density at radius 1 is 0.926 bits per heavy atom. The first-order chi connectivity index (χ1) is 12.6. The predicted octanol–water partition coefficient (Wildman–Crippen LogP) is 2.58. The number of rotatable bonds is 6. The van der Waals surface area contributed by atoms with Crippen molar-refractivity contribution in [1.82, 2.24) is 30.2 Å². The first-order valence-corrected chi connectivity index (χ1v) is 9.24.